The standard InChI is InChI=1S/C13H10BrNO5S/c1-21(18,19)10-4-2-3-9(6-10)20-12-11(13(16)17)5-8(14)7-15-12/h2-7H,1H3,(H,16,17). The van der Waals surface area contributed by atoms with Crippen LogP contribution in [0, 0.1) is 0 Å². The van der Waals surface area contributed by atoms with E-state index in [4.69, 9.17) is 9.84 Å². The van der Waals surface area contributed by atoms with Crippen LogP contribution in [0.4, 0.5) is 0 Å². The molecule has 0 radical (unpaired) electrons. The zero-order chi connectivity index (χ0) is 15.6. The van der Waals surface area contributed by atoms with Crippen molar-refractivity contribution in [2.24, 2.45) is 0 Å². The van der Waals surface area contributed by atoms with E-state index in [1.807, 2.05) is 0 Å². The second-order valence-corrected chi connectivity index (χ2v) is 7.09. The summed E-state index contributed by atoms with van der Waals surface area (Å²) < 4.78 is 28.9. The molecular weight excluding hydrogens is 362 g/mol. The zero-order valence-electron chi connectivity index (χ0n) is 10.8. The van der Waals surface area contributed by atoms with Crippen LogP contribution in [0.25, 0.3) is 0 Å². The minimum absolute atomic E-state index is 0.0778. The van der Waals surface area contributed by atoms with Gasteiger partial charge < -0.3 is 9.84 Å². The highest BCUT2D eigenvalue weighted by atomic mass is 79.9. The number of ether oxygens (including phenoxy) is 1. The van der Waals surface area contributed by atoms with E-state index in [0.29, 0.717) is 4.47 Å². The third-order valence-corrected chi connectivity index (χ3v) is 4.04. The predicted molar refractivity (Wildman–Crippen MR) is 78.5 cm³/mol. The van der Waals surface area contributed by atoms with Gasteiger partial charge >= 0.3 is 5.97 Å². The van der Waals surface area contributed by atoms with Crippen molar-refractivity contribution in [1.29, 1.82) is 0 Å². The first-order valence-electron chi connectivity index (χ1n) is 5.64. The van der Waals surface area contributed by atoms with Crippen LogP contribution >= 0.6 is 15.9 Å². The van der Waals surface area contributed by atoms with E-state index in [2.05, 4.69) is 20.9 Å². The van der Waals surface area contributed by atoms with E-state index in [0.717, 1.165) is 6.26 Å². The van der Waals surface area contributed by atoms with Crippen LogP contribution in [0.15, 0.2) is 45.9 Å². The first kappa shape index (κ1) is 15.5. The van der Waals surface area contributed by atoms with E-state index in [-0.39, 0.29) is 22.1 Å². The van der Waals surface area contributed by atoms with E-state index >= 15 is 0 Å². The SMILES string of the molecule is CS(=O)(=O)c1cccc(Oc2ncc(Br)cc2C(=O)O)c1. The molecule has 1 aromatic carbocycles. The molecule has 110 valence electrons. The Bertz CT molecular complexity index is 804. The summed E-state index contributed by atoms with van der Waals surface area (Å²) in [5.41, 5.74) is -0.130. The molecule has 0 unspecified atom stereocenters. The monoisotopic (exact) mass is 371 g/mol. The molecule has 0 saturated heterocycles. The van der Waals surface area contributed by atoms with Crippen molar-refractivity contribution in [3.63, 3.8) is 0 Å². The topological polar surface area (TPSA) is 93.6 Å². The number of benzene rings is 1. The fourth-order valence-electron chi connectivity index (χ4n) is 1.54. The average molecular weight is 372 g/mol. The lowest BCUT2D eigenvalue weighted by Gasteiger charge is -2.08. The average Bonchev–Trinajstić information content (AvgIpc) is 2.40. The number of carboxylic acids is 1. The maximum Gasteiger partial charge on any atom is 0.341 e. The number of sulfone groups is 1. The van der Waals surface area contributed by atoms with Gasteiger partial charge in [-0.15, -0.1) is 0 Å². The molecule has 2 rings (SSSR count). The van der Waals surface area contributed by atoms with Gasteiger partial charge in [0.25, 0.3) is 0 Å². The maximum atomic E-state index is 11.5. The Morgan fingerprint density at radius 1 is 1.33 bits per heavy atom. The Hall–Kier alpha value is -1.93. The summed E-state index contributed by atoms with van der Waals surface area (Å²) in [5.74, 6) is -1.12. The Labute approximate surface area is 129 Å². The van der Waals surface area contributed by atoms with Crippen LogP contribution < -0.4 is 4.74 Å². The number of rotatable bonds is 4. The molecule has 1 N–H and O–H groups in total. The Morgan fingerprint density at radius 3 is 2.67 bits per heavy atom. The molecule has 2 aromatic rings. The fraction of sp³-hybridized carbons (Fsp3) is 0.0769. The number of aromatic nitrogens is 1. The quantitative estimate of drug-likeness (QED) is 0.887. The number of pyridine rings is 1. The van der Waals surface area contributed by atoms with Gasteiger partial charge in [0.1, 0.15) is 11.3 Å². The van der Waals surface area contributed by atoms with Crippen LogP contribution in [-0.4, -0.2) is 30.7 Å². The number of nitrogens with zero attached hydrogens (tertiary/aromatic N) is 1. The van der Waals surface area contributed by atoms with Crippen molar-refractivity contribution in [3.05, 3.63) is 46.6 Å². The lowest BCUT2D eigenvalue weighted by molar-refractivity contribution is 0.0693. The lowest BCUT2D eigenvalue weighted by atomic mass is 10.3. The van der Waals surface area contributed by atoms with Crippen molar-refractivity contribution < 1.29 is 23.1 Å². The zero-order valence-corrected chi connectivity index (χ0v) is 13.2. The summed E-state index contributed by atoms with van der Waals surface area (Å²) in [6.45, 7) is 0. The van der Waals surface area contributed by atoms with Crippen molar-refractivity contribution in [3.8, 4) is 11.6 Å². The highest BCUT2D eigenvalue weighted by Crippen LogP contribution is 2.27. The van der Waals surface area contributed by atoms with Crippen LogP contribution in [0.1, 0.15) is 10.4 Å². The van der Waals surface area contributed by atoms with E-state index in [1.54, 1.807) is 0 Å². The van der Waals surface area contributed by atoms with Crippen molar-refractivity contribution in [2.75, 3.05) is 6.26 Å². The second-order valence-electron chi connectivity index (χ2n) is 4.16. The van der Waals surface area contributed by atoms with Crippen molar-refractivity contribution in [1.82, 2.24) is 4.98 Å². The third kappa shape index (κ3) is 3.79. The highest BCUT2D eigenvalue weighted by Gasteiger charge is 2.15. The number of aromatic carboxylic acids is 1. The first-order chi connectivity index (χ1) is 9.77. The molecule has 0 atom stereocenters. The van der Waals surface area contributed by atoms with Crippen LogP contribution in [0.3, 0.4) is 0 Å². The third-order valence-electron chi connectivity index (χ3n) is 2.50. The van der Waals surface area contributed by atoms with Crippen LogP contribution in [-0.2, 0) is 9.84 Å². The molecule has 0 bridgehead atoms. The van der Waals surface area contributed by atoms with Gasteiger partial charge in [0.05, 0.1) is 4.90 Å². The number of hydrogen-bond acceptors (Lipinski definition) is 5. The van der Waals surface area contributed by atoms with Gasteiger partial charge in [-0.25, -0.2) is 18.2 Å². The van der Waals surface area contributed by atoms with Gasteiger partial charge in [0, 0.05) is 16.9 Å². The first-order valence-corrected chi connectivity index (χ1v) is 8.32. The van der Waals surface area contributed by atoms with Crippen molar-refractivity contribution >= 4 is 31.7 Å². The van der Waals surface area contributed by atoms with Gasteiger partial charge in [-0.2, -0.15) is 0 Å². The predicted octanol–water partition coefficient (Wildman–Crippen LogP) is 2.74. The number of halogens is 1. The van der Waals surface area contributed by atoms with Gasteiger partial charge in [-0.05, 0) is 40.2 Å². The van der Waals surface area contributed by atoms with Crippen molar-refractivity contribution in [2.45, 2.75) is 4.90 Å². The summed E-state index contributed by atoms with van der Waals surface area (Å²) >= 11 is 3.13. The smallest absolute Gasteiger partial charge is 0.341 e. The summed E-state index contributed by atoms with van der Waals surface area (Å²) in [5, 5.41) is 9.12. The van der Waals surface area contributed by atoms with Crippen LogP contribution in [0.2, 0.25) is 0 Å². The Balaban J connectivity index is 2.41. The molecule has 0 spiro atoms. The largest absolute Gasteiger partial charge is 0.477 e. The molecule has 8 heteroatoms. The highest BCUT2D eigenvalue weighted by molar-refractivity contribution is 9.10. The molecule has 1 aromatic heterocycles. The Kier molecular flexibility index (Phi) is 4.29. The molecule has 0 fully saturated rings. The van der Waals surface area contributed by atoms with E-state index in [9.17, 15) is 13.2 Å². The summed E-state index contributed by atoms with van der Waals surface area (Å²) in [7, 11) is -3.38. The van der Waals surface area contributed by atoms with Gasteiger partial charge in [0.15, 0.2) is 9.84 Å². The molecule has 0 aliphatic carbocycles. The summed E-state index contributed by atoms with van der Waals surface area (Å²) in [6, 6.07) is 7.11. The number of hydrogen-bond donors (Lipinski definition) is 1. The number of carboxylic acid groups (broad SMARTS) is 1. The van der Waals surface area contributed by atoms with E-state index in [1.165, 1.54) is 36.5 Å². The lowest BCUT2D eigenvalue weighted by Crippen LogP contribution is -2.03. The Morgan fingerprint density at radius 2 is 2.05 bits per heavy atom. The van der Waals surface area contributed by atoms with E-state index < -0.39 is 15.8 Å². The summed E-state index contributed by atoms with van der Waals surface area (Å²) in [4.78, 5) is 15.1. The molecular formula is C13H10BrNO5S. The minimum atomic E-state index is -3.38. The van der Waals surface area contributed by atoms with Crippen LogP contribution in [0.5, 0.6) is 11.6 Å². The second kappa shape index (κ2) is 5.82. The molecule has 6 nitrogen and oxygen atoms in total. The maximum absolute atomic E-state index is 11.5. The minimum Gasteiger partial charge on any atom is -0.477 e. The molecule has 0 aliphatic heterocycles. The molecule has 0 amide bonds. The van der Waals surface area contributed by atoms with Gasteiger partial charge in [-0.3, -0.25) is 0 Å². The van der Waals surface area contributed by atoms with Gasteiger partial charge in [-0.1, -0.05) is 6.07 Å². The van der Waals surface area contributed by atoms with Gasteiger partial charge in [0.2, 0.25) is 5.88 Å². The normalized spacial score (nSPS) is 11.1. The number of carbonyl (C=O) groups is 1. The summed E-state index contributed by atoms with van der Waals surface area (Å²) in [6.07, 6.45) is 2.47. The fourth-order valence-corrected chi connectivity index (χ4v) is 2.53. The molecule has 0 saturated carbocycles. The molecule has 21 heavy (non-hydrogen) atoms. The molecule has 1 heterocycles. The molecule has 0 aliphatic rings.